The van der Waals surface area contributed by atoms with Crippen LogP contribution in [-0.4, -0.2) is 49.6 Å². The van der Waals surface area contributed by atoms with Gasteiger partial charge in [0.15, 0.2) is 0 Å². The van der Waals surface area contributed by atoms with Gasteiger partial charge in [0.2, 0.25) is 0 Å². The van der Waals surface area contributed by atoms with Crippen molar-refractivity contribution in [1.82, 2.24) is 9.80 Å². The van der Waals surface area contributed by atoms with E-state index >= 15 is 0 Å². The normalized spacial score (nSPS) is 22.8. The second kappa shape index (κ2) is 6.15. The molecular weight excluding hydrogens is 242 g/mol. The van der Waals surface area contributed by atoms with Crippen LogP contribution in [0.4, 0.5) is 0 Å². The summed E-state index contributed by atoms with van der Waals surface area (Å²) in [5.41, 5.74) is 6.04. The Bertz CT molecular complexity index is 375. The van der Waals surface area contributed by atoms with Crippen LogP contribution in [0.3, 0.4) is 0 Å². The molecule has 0 spiro atoms. The number of thiophene rings is 1. The van der Waals surface area contributed by atoms with Crippen molar-refractivity contribution in [1.29, 1.82) is 0 Å². The molecule has 2 rings (SSSR count). The molecule has 18 heavy (non-hydrogen) atoms. The smallest absolute Gasteiger partial charge is 0.0567 e. The van der Waals surface area contributed by atoms with Gasteiger partial charge in [0.25, 0.3) is 0 Å². The van der Waals surface area contributed by atoms with E-state index in [1.807, 2.05) is 11.3 Å². The van der Waals surface area contributed by atoms with Gasteiger partial charge in [-0.25, -0.2) is 0 Å². The van der Waals surface area contributed by atoms with Crippen LogP contribution in [0.15, 0.2) is 12.1 Å². The fraction of sp³-hybridized carbons (Fsp3) is 0.714. The van der Waals surface area contributed by atoms with Crippen molar-refractivity contribution in [2.45, 2.75) is 31.8 Å². The lowest BCUT2D eigenvalue weighted by molar-refractivity contribution is 0.158. The minimum absolute atomic E-state index is 0.413. The Morgan fingerprint density at radius 1 is 1.50 bits per heavy atom. The van der Waals surface area contributed by atoms with Gasteiger partial charge in [0, 0.05) is 28.9 Å². The molecule has 0 saturated carbocycles. The zero-order valence-corrected chi connectivity index (χ0v) is 12.5. The van der Waals surface area contributed by atoms with E-state index in [0.29, 0.717) is 12.1 Å². The predicted octanol–water partition coefficient (Wildman–Crippen LogP) is 2.08. The number of likely N-dealkylation sites (N-methyl/N-ethyl adjacent to an activating group) is 1. The van der Waals surface area contributed by atoms with Crippen LogP contribution in [0.25, 0.3) is 0 Å². The van der Waals surface area contributed by atoms with Crippen molar-refractivity contribution in [3.63, 3.8) is 0 Å². The minimum Gasteiger partial charge on any atom is -0.329 e. The van der Waals surface area contributed by atoms with Crippen molar-refractivity contribution in [2.75, 3.05) is 33.7 Å². The largest absolute Gasteiger partial charge is 0.329 e. The van der Waals surface area contributed by atoms with Gasteiger partial charge in [0.1, 0.15) is 0 Å². The third kappa shape index (κ3) is 3.12. The summed E-state index contributed by atoms with van der Waals surface area (Å²) < 4.78 is 0. The Hall–Kier alpha value is -0.420. The lowest BCUT2D eigenvalue weighted by Gasteiger charge is -2.33. The molecule has 4 heteroatoms. The number of nitrogens with zero attached hydrogens (tertiary/aromatic N) is 2. The summed E-state index contributed by atoms with van der Waals surface area (Å²) in [5.74, 6) is 0. The first-order chi connectivity index (χ1) is 8.61. The molecule has 102 valence electrons. The van der Waals surface area contributed by atoms with Crippen molar-refractivity contribution in [3.05, 3.63) is 21.9 Å². The first-order valence-corrected chi connectivity index (χ1v) is 7.60. The number of hydrogen-bond acceptors (Lipinski definition) is 4. The zero-order chi connectivity index (χ0) is 13.1. The maximum atomic E-state index is 6.04. The Balaban J connectivity index is 2.11. The van der Waals surface area contributed by atoms with Crippen LogP contribution in [0.1, 0.15) is 28.6 Å². The second-order valence-corrected chi connectivity index (χ2v) is 6.82. The van der Waals surface area contributed by atoms with E-state index in [4.69, 9.17) is 5.73 Å². The molecular formula is C14H25N3S. The van der Waals surface area contributed by atoms with Crippen LogP contribution in [0.5, 0.6) is 0 Å². The summed E-state index contributed by atoms with van der Waals surface area (Å²) in [6, 6.07) is 5.54. The second-order valence-electron chi connectivity index (χ2n) is 5.50. The van der Waals surface area contributed by atoms with Gasteiger partial charge in [-0.2, -0.15) is 0 Å². The van der Waals surface area contributed by atoms with E-state index in [2.05, 4.69) is 43.0 Å². The molecule has 2 atom stereocenters. The van der Waals surface area contributed by atoms with Crippen molar-refractivity contribution in [2.24, 2.45) is 5.73 Å². The van der Waals surface area contributed by atoms with Gasteiger partial charge in [0.05, 0.1) is 6.04 Å². The van der Waals surface area contributed by atoms with Gasteiger partial charge < -0.3 is 10.6 Å². The average molecular weight is 267 g/mol. The lowest BCUT2D eigenvalue weighted by atomic mass is 10.1. The molecule has 2 unspecified atom stereocenters. The van der Waals surface area contributed by atoms with Crippen molar-refractivity contribution < 1.29 is 0 Å². The molecule has 1 aromatic rings. The minimum atomic E-state index is 0.413. The maximum absolute atomic E-state index is 6.04. The summed E-state index contributed by atoms with van der Waals surface area (Å²) >= 11 is 1.89. The van der Waals surface area contributed by atoms with E-state index < -0.39 is 0 Å². The highest BCUT2D eigenvalue weighted by Gasteiger charge is 2.31. The third-order valence-corrected chi connectivity index (χ3v) is 4.81. The van der Waals surface area contributed by atoms with Gasteiger partial charge in [-0.05, 0) is 52.5 Å². The molecule has 1 aliphatic rings. The van der Waals surface area contributed by atoms with Gasteiger partial charge >= 0.3 is 0 Å². The summed E-state index contributed by atoms with van der Waals surface area (Å²) in [5, 5.41) is 0. The highest BCUT2D eigenvalue weighted by molar-refractivity contribution is 7.12. The number of nitrogens with two attached hydrogens (primary N) is 1. The van der Waals surface area contributed by atoms with Crippen LogP contribution in [-0.2, 0) is 0 Å². The highest BCUT2D eigenvalue weighted by atomic mass is 32.1. The molecule has 2 N–H and O–H groups in total. The summed E-state index contributed by atoms with van der Waals surface area (Å²) in [7, 11) is 4.31. The first kappa shape index (κ1) is 14.0. The van der Waals surface area contributed by atoms with E-state index in [1.165, 1.54) is 29.1 Å². The highest BCUT2D eigenvalue weighted by Crippen LogP contribution is 2.32. The molecule has 0 aromatic carbocycles. The molecule has 1 aliphatic heterocycles. The SMILES string of the molecule is Cc1ccc(C(CN)N2CCCC2CN(C)C)s1. The van der Waals surface area contributed by atoms with Crippen LogP contribution in [0.2, 0.25) is 0 Å². The van der Waals surface area contributed by atoms with Crippen LogP contribution >= 0.6 is 11.3 Å². The average Bonchev–Trinajstić information content (AvgIpc) is 2.90. The summed E-state index contributed by atoms with van der Waals surface area (Å²) in [4.78, 5) is 7.72. The standard InChI is InChI=1S/C14H25N3S/c1-11-6-7-14(18-11)13(9-15)17-8-4-5-12(17)10-16(2)3/h6-7,12-13H,4-5,8-10,15H2,1-3H3. The van der Waals surface area contributed by atoms with Gasteiger partial charge in [-0.1, -0.05) is 0 Å². The van der Waals surface area contributed by atoms with Crippen molar-refractivity contribution in [3.8, 4) is 0 Å². The fourth-order valence-corrected chi connectivity index (χ4v) is 3.94. The van der Waals surface area contributed by atoms with Crippen molar-refractivity contribution >= 4 is 11.3 Å². The first-order valence-electron chi connectivity index (χ1n) is 6.78. The Kier molecular flexibility index (Phi) is 4.78. The van der Waals surface area contributed by atoms with Gasteiger partial charge in [-0.15, -0.1) is 11.3 Å². The maximum Gasteiger partial charge on any atom is 0.0567 e. The Morgan fingerprint density at radius 2 is 2.28 bits per heavy atom. The number of hydrogen-bond donors (Lipinski definition) is 1. The van der Waals surface area contributed by atoms with Crippen LogP contribution in [0, 0.1) is 6.92 Å². The molecule has 1 aromatic heterocycles. The fourth-order valence-electron chi connectivity index (χ4n) is 2.93. The summed E-state index contributed by atoms with van der Waals surface area (Å²) in [6.07, 6.45) is 2.61. The molecule has 0 bridgehead atoms. The number of rotatable bonds is 5. The molecule has 0 aliphatic carbocycles. The molecule has 2 heterocycles. The Morgan fingerprint density at radius 3 is 2.83 bits per heavy atom. The van der Waals surface area contributed by atoms with E-state index in [0.717, 1.165) is 13.1 Å². The Labute approximate surface area is 115 Å². The molecule has 0 radical (unpaired) electrons. The van der Waals surface area contributed by atoms with E-state index in [1.54, 1.807) is 0 Å². The molecule has 0 amide bonds. The zero-order valence-electron chi connectivity index (χ0n) is 11.7. The topological polar surface area (TPSA) is 32.5 Å². The molecule has 1 fully saturated rings. The van der Waals surface area contributed by atoms with E-state index in [9.17, 15) is 0 Å². The van der Waals surface area contributed by atoms with E-state index in [-0.39, 0.29) is 0 Å². The number of aryl methyl sites for hydroxylation is 1. The van der Waals surface area contributed by atoms with Crippen LogP contribution < -0.4 is 5.73 Å². The third-order valence-electron chi connectivity index (χ3n) is 3.71. The molecule has 1 saturated heterocycles. The predicted molar refractivity (Wildman–Crippen MR) is 79.1 cm³/mol. The quantitative estimate of drug-likeness (QED) is 0.886. The molecule has 3 nitrogen and oxygen atoms in total. The van der Waals surface area contributed by atoms with Gasteiger partial charge in [-0.3, -0.25) is 4.90 Å². The summed E-state index contributed by atoms with van der Waals surface area (Å²) in [6.45, 7) is 5.23. The number of likely N-dealkylation sites (tertiary alicyclic amines) is 1. The monoisotopic (exact) mass is 267 g/mol. The lowest BCUT2D eigenvalue weighted by Crippen LogP contribution is -2.42.